The summed E-state index contributed by atoms with van der Waals surface area (Å²) in [7, 11) is 0. The first kappa shape index (κ1) is 19.9. The van der Waals surface area contributed by atoms with E-state index in [0.29, 0.717) is 6.07 Å². The first-order valence-electron chi connectivity index (χ1n) is 8.55. The van der Waals surface area contributed by atoms with Gasteiger partial charge in [0.2, 0.25) is 0 Å². The Bertz CT molecular complexity index is 1010. The van der Waals surface area contributed by atoms with Gasteiger partial charge in [-0.05, 0) is 23.8 Å². The number of halogens is 2. The van der Waals surface area contributed by atoms with E-state index in [1.165, 1.54) is 18.2 Å². The quantitative estimate of drug-likeness (QED) is 0.666. The number of pyridine rings is 1. The highest BCUT2D eigenvalue weighted by atomic mass is 19.1. The highest BCUT2D eigenvalue weighted by Crippen LogP contribution is 2.19. The Labute approximate surface area is 165 Å². The van der Waals surface area contributed by atoms with Crippen molar-refractivity contribution in [1.29, 1.82) is 0 Å². The van der Waals surface area contributed by atoms with Gasteiger partial charge in [-0.3, -0.25) is 4.90 Å². The van der Waals surface area contributed by atoms with Gasteiger partial charge >= 0.3 is 12.1 Å². The SMILES string of the molecule is O=C(O)c1ccc(N(Cc2ccc(F)cc2F)C(=O)OCc2ccccc2)nc1. The molecular weight excluding hydrogens is 382 g/mol. The van der Waals surface area contributed by atoms with Crippen molar-refractivity contribution in [2.45, 2.75) is 13.2 Å². The van der Waals surface area contributed by atoms with Crippen molar-refractivity contribution in [3.8, 4) is 0 Å². The number of nitrogens with zero attached hydrogens (tertiary/aromatic N) is 2. The molecule has 0 unspecified atom stereocenters. The van der Waals surface area contributed by atoms with Crippen molar-refractivity contribution in [2.75, 3.05) is 4.90 Å². The lowest BCUT2D eigenvalue weighted by Gasteiger charge is -2.22. The molecule has 3 aromatic rings. The summed E-state index contributed by atoms with van der Waals surface area (Å²) in [5.41, 5.74) is 0.731. The maximum Gasteiger partial charge on any atom is 0.416 e. The van der Waals surface area contributed by atoms with Gasteiger partial charge in [-0.15, -0.1) is 0 Å². The predicted molar refractivity (Wildman–Crippen MR) is 100 cm³/mol. The Morgan fingerprint density at radius 1 is 1.03 bits per heavy atom. The molecule has 0 aliphatic carbocycles. The van der Waals surface area contributed by atoms with Crippen molar-refractivity contribution < 1.29 is 28.2 Å². The van der Waals surface area contributed by atoms with Crippen LogP contribution in [0.3, 0.4) is 0 Å². The van der Waals surface area contributed by atoms with Gasteiger partial charge in [0.15, 0.2) is 0 Å². The molecule has 29 heavy (non-hydrogen) atoms. The summed E-state index contributed by atoms with van der Waals surface area (Å²) in [4.78, 5) is 28.7. The van der Waals surface area contributed by atoms with E-state index in [9.17, 15) is 18.4 Å². The number of carbonyl (C=O) groups is 2. The molecule has 148 valence electrons. The highest BCUT2D eigenvalue weighted by molar-refractivity contribution is 5.89. The number of carboxylic acid groups (broad SMARTS) is 1. The molecule has 3 rings (SSSR count). The van der Waals surface area contributed by atoms with Crippen LogP contribution in [0.25, 0.3) is 0 Å². The van der Waals surface area contributed by atoms with Gasteiger partial charge in [0, 0.05) is 17.8 Å². The summed E-state index contributed by atoms with van der Waals surface area (Å²) in [5, 5.41) is 9.00. The zero-order valence-electron chi connectivity index (χ0n) is 15.1. The molecule has 0 radical (unpaired) electrons. The molecular formula is C21H16F2N2O4. The molecule has 2 aromatic carbocycles. The fourth-order valence-corrected chi connectivity index (χ4v) is 2.53. The van der Waals surface area contributed by atoms with E-state index in [0.717, 1.165) is 22.7 Å². The molecule has 0 atom stereocenters. The predicted octanol–water partition coefficient (Wildman–Crippen LogP) is 4.40. The molecule has 8 heteroatoms. The van der Waals surface area contributed by atoms with Gasteiger partial charge in [-0.2, -0.15) is 0 Å². The minimum absolute atomic E-state index is 0.0186. The van der Waals surface area contributed by atoms with Crippen molar-refractivity contribution in [3.05, 3.63) is 95.2 Å². The summed E-state index contributed by atoms with van der Waals surface area (Å²) >= 11 is 0. The van der Waals surface area contributed by atoms with Gasteiger partial charge < -0.3 is 9.84 Å². The number of hydrogen-bond acceptors (Lipinski definition) is 4. The fraction of sp³-hybridized carbons (Fsp3) is 0.0952. The number of aromatic nitrogens is 1. The highest BCUT2D eigenvalue weighted by Gasteiger charge is 2.21. The van der Waals surface area contributed by atoms with Crippen molar-refractivity contribution in [1.82, 2.24) is 4.98 Å². The van der Waals surface area contributed by atoms with Gasteiger partial charge in [0.1, 0.15) is 24.1 Å². The molecule has 0 bridgehead atoms. The van der Waals surface area contributed by atoms with E-state index in [-0.39, 0.29) is 30.1 Å². The smallest absolute Gasteiger partial charge is 0.416 e. The molecule has 1 amide bonds. The number of ether oxygens (including phenoxy) is 1. The van der Waals surface area contributed by atoms with Gasteiger partial charge in [-0.25, -0.2) is 23.4 Å². The van der Waals surface area contributed by atoms with Crippen LogP contribution in [0.4, 0.5) is 19.4 Å². The topological polar surface area (TPSA) is 79.7 Å². The molecule has 1 aromatic heterocycles. The van der Waals surface area contributed by atoms with Crippen molar-refractivity contribution in [3.63, 3.8) is 0 Å². The van der Waals surface area contributed by atoms with E-state index < -0.39 is 23.7 Å². The lowest BCUT2D eigenvalue weighted by Crippen LogP contribution is -2.32. The average molecular weight is 398 g/mol. The Hall–Kier alpha value is -3.81. The van der Waals surface area contributed by atoms with Crippen LogP contribution in [0, 0.1) is 11.6 Å². The Morgan fingerprint density at radius 3 is 2.41 bits per heavy atom. The maximum absolute atomic E-state index is 14.1. The molecule has 0 aliphatic heterocycles. The van der Waals surface area contributed by atoms with Crippen molar-refractivity contribution in [2.24, 2.45) is 0 Å². The lowest BCUT2D eigenvalue weighted by molar-refractivity contribution is 0.0696. The third-order valence-corrected chi connectivity index (χ3v) is 4.04. The first-order chi connectivity index (χ1) is 13.9. The van der Waals surface area contributed by atoms with Crippen LogP contribution >= 0.6 is 0 Å². The molecule has 0 saturated heterocycles. The van der Waals surface area contributed by atoms with E-state index in [1.54, 1.807) is 24.3 Å². The van der Waals surface area contributed by atoms with E-state index in [1.807, 2.05) is 6.07 Å². The minimum Gasteiger partial charge on any atom is -0.478 e. The second-order valence-electron chi connectivity index (χ2n) is 6.07. The number of aromatic carboxylic acids is 1. The lowest BCUT2D eigenvalue weighted by atomic mass is 10.2. The fourth-order valence-electron chi connectivity index (χ4n) is 2.53. The largest absolute Gasteiger partial charge is 0.478 e. The van der Waals surface area contributed by atoms with Crippen LogP contribution in [0.5, 0.6) is 0 Å². The molecule has 1 heterocycles. The van der Waals surface area contributed by atoms with Gasteiger partial charge in [0.05, 0.1) is 12.1 Å². The zero-order chi connectivity index (χ0) is 20.8. The molecule has 6 nitrogen and oxygen atoms in total. The van der Waals surface area contributed by atoms with Crippen molar-refractivity contribution >= 4 is 17.9 Å². The van der Waals surface area contributed by atoms with Crippen LogP contribution in [0.2, 0.25) is 0 Å². The minimum atomic E-state index is -1.17. The maximum atomic E-state index is 14.1. The van der Waals surface area contributed by atoms with Crippen LogP contribution in [0.15, 0.2) is 66.9 Å². The number of rotatable bonds is 6. The van der Waals surface area contributed by atoms with Gasteiger partial charge in [0.25, 0.3) is 0 Å². The molecule has 0 aliphatic rings. The summed E-state index contributed by atoms with van der Waals surface area (Å²) in [5.74, 6) is -2.68. The number of anilines is 1. The summed E-state index contributed by atoms with van der Waals surface area (Å²) in [6, 6.07) is 14.5. The monoisotopic (exact) mass is 398 g/mol. The number of hydrogen-bond donors (Lipinski definition) is 1. The molecule has 1 N–H and O–H groups in total. The van der Waals surface area contributed by atoms with Crippen LogP contribution < -0.4 is 4.90 Å². The average Bonchev–Trinajstić information content (AvgIpc) is 2.72. The van der Waals surface area contributed by atoms with E-state index in [4.69, 9.17) is 9.84 Å². The summed E-state index contributed by atoms with van der Waals surface area (Å²) < 4.78 is 32.6. The van der Waals surface area contributed by atoms with Gasteiger partial charge in [-0.1, -0.05) is 36.4 Å². The zero-order valence-corrected chi connectivity index (χ0v) is 15.1. The molecule has 0 spiro atoms. The first-order valence-corrected chi connectivity index (χ1v) is 8.55. The second-order valence-corrected chi connectivity index (χ2v) is 6.07. The Kier molecular flexibility index (Phi) is 6.13. The third kappa shape index (κ3) is 5.13. The molecule has 0 saturated carbocycles. The third-order valence-electron chi connectivity index (χ3n) is 4.04. The van der Waals surface area contributed by atoms with Crippen LogP contribution in [-0.2, 0) is 17.9 Å². The number of carboxylic acids is 1. The van der Waals surface area contributed by atoms with E-state index >= 15 is 0 Å². The number of amides is 1. The van der Waals surface area contributed by atoms with Crippen LogP contribution in [0.1, 0.15) is 21.5 Å². The second kappa shape index (κ2) is 8.92. The Balaban J connectivity index is 1.85. The molecule has 0 fully saturated rings. The summed E-state index contributed by atoms with van der Waals surface area (Å²) in [6.07, 6.45) is 0.268. The number of carbonyl (C=O) groups excluding carboxylic acids is 1. The standard InChI is InChI=1S/C21H16F2N2O4/c22-17-8-6-16(18(23)10-17)12-25(19-9-7-15(11-24-19)20(26)27)21(28)29-13-14-4-2-1-3-5-14/h1-11H,12-13H2,(H,26,27). The van der Waals surface area contributed by atoms with E-state index in [2.05, 4.69) is 4.98 Å². The Morgan fingerprint density at radius 2 is 1.79 bits per heavy atom. The van der Waals surface area contributed by atoms with Crippen LogP contribution in [-0.4, -0.2) is 22.2 Å². The normalized spacial score (nSPS) is 10.4. The summed E-state index contributed by atoms with van der Waals surface area (Å²) in [6.45, 7) is -0.297. The number of benzene rings is 2.